The van der Waals surface area contributed by atoms with Crippen LogP contribution in [-0.4, -0.2) is 18.1 Å². The molecule has 3 nitrogen and oxygen atoms in total. The third-order valence-corrected chi connectivity index (χ3v) is 2.65. The second kappa shape index (κ2) is 7.87. The Balaban J connectivity index is 0.000000249. The van der Waals surface area contributed by atoms with Crippen molar-refractivity contribution in [3.63, 3.8) is 0 Å². The molecule has 0 aliphatic rings. The van der Waals surface area contributed by atoms with Crippen LogP contribution in [0.2, 0.25) is 0 Å². The van der Waals surface area contributed by atoms with E-state index in [2.05, 4.69) is 30.1 Å². The predicted molar refractivity (Wildman–Crippen MR) is 75.0 cm³/mol. The average Bonchev–Trinajstić information content (AvgIpc) is 2.76. The first-order chi connectivity index (χ1) is 8.33. The summed E-state index contributed by atoms with van der Waals surface area (Å²) in [6.07, 6.45) is 5.37. The minimum Gasteiger partial charge on any atom is -0.361 e. The molecule has 1 heterocycles. The Hall–Kier alpha value is -1.32. The Bertz CT molecular complexity index is 418. The Morgan fingerprint density at radius 1 is 1.12 bits per heavy atom. The van der Waals surface area contributed by atoms with Crippen molar-refractivity contribution < 1.29 is 0 Å². The maximum atomic E-state index is 5.50. The van der Waals surface area contributed by atoms with Gasteiger partial charge in [0, 0.05) is 17.1 Å². The Kier molecular flexibility index (Phi) is 6.37. The molecule has 3 heteroatoms. The van der Waals surface area contributed by atoms with Gasteiger partial charge in [0.2, 0.25) is 0 Å². The molecule has 17 heavy (non-hydrogen) atoms. The summed E-state index contributed by atoms with van der Waals surface area (Å²) in [4.78, 5) is 3.22. The van der Waals surface area contributed by atoms with Gasteiger partial charge < -0.3 is 16.5 Å². The van der Waals surface area contributed by atoms with E-state index >= 15 is 0 Å². The number of rotatable bonds is 4. The zero-order valence-electron chi connectivity index (χ0n) is 10.6. The number of hydrogen-bond donors (Lipinski definition) is 3. The van der Waals surface area contributed by atoms with E-state index in [0.29, 0.717) is 6.54 Å². The van der Waals surface area contributed by atoms with Gasteiger partial charge in [-0.2, -0.15) is 0 Å². The largest absolute Gasteiger partial charge is 0.361 e. The van der Waals surface area contributed by atoms with Gasteiger partial charge in [-0.05, 0) is 37.6 Å². The average molecular weight is 233 g/mol. The molecule has 0 saturated carbocycles. The zero-order chi connectivity index (χ0) is 12.5. The number of nitrogens with one attached hydrogen (secondary N) is 1. The second-order valence-corrected chi connectivity index (χ2v) is 4.04. The summed E-state index contributed by atoms with van der Waals surface area (Å²) in [5.41, 5.74) is 13.1. The molecule has 0 spiro atoms. The highest BCUT2D eigenvalue weighted by molar-refractivity contribution is 5.82. The third-order valence-electron chi connectivity index (χ3n) is 2.65. The van der Waals surface area contributed by atoms with Gasteiger partial charge in [0.1, 0.15) is 0 Å². The maximum absolute atomic E-state index is 5.50. The van der Waals surface area contributed by atoms with Crippen LogP contribution in [0.15, 0.2) is 30.5 Å². The lowest BCUT2D eigenvalue weighted by Gasteiger charge is -1.93. The number of hydrogen-bond acceptors (Lipinski definition) is 2. The van der Waals surface area contributed by atoms with Crippen LogP contribution in [-0.2, 0) is 6.42 Å². The van der Waals surface area contributed by atoms with Gasteiger partial charge in [-0.3, -0.25) is 0 Å². The van der Waals surface area contributed by atoms with E-state index in [-0.39, 0.29) is 0 Å². The molecular formula is C14H23N3. The smallest absolute Gasteiger partial charge is 0.0456 e. The number of H-pyrrole nitrogens is 1. The molecule has 1 aromatic carbocycles. The normalized spacial score (nSPS) is 10.1. The van der Waals surface area contributed by atoms with Crippen LogP contribution in [0, 0.1) is 0 Å². The van der Waals surface area contributed by atoms with Gasteiger partial charge in [-0.25, -0.2) is 0 Å². The van der Waals surface area contributed by atoms with Crippen molar-refractivity contribution >= 4 is 10.9 Å². The summed E-state index contributed by atoms with van der Waals surface area (Å²) in [5, 5.41) is 1.29. The van der Waals surface area contributed by atoms with Crippen LogP contribution in [0.3, 0.4) is 0 Å². The number of aromatic amines is 1. The quantitative estimate of drug-likeness (QED) is 0.759. The fourth-order valence-electron chi connectivity index (χ4n) is 1.70. The lowest BCUT2D eigenvalue weighted by Crippen LogP contribution is -2.01. The number of benzene rings is 1. The summed E-state index contributed by atoms with van der Waals surface area (Å²) in [6.45, 7) is 3.69. The Morgan fingerprint density at radius 2 is 1.88 bits per heavy atom. The lowest BCUT2D eigenvalue weighted by molar-refractivity contribution is 0.807. The van der Waals surface area contributed by atoms with Crippen molar-refractivity contribution in [2.75, 3.05) is 13.1 Å². The monoisotopic (exact) mass is 233 g/mol. The van der Waals surface area contributed by atoms with Crippen LogP contribution >= 0.6 is 0 Å². The van der Waals surface area contributed by atoms with E-state index in [1.54, 1.807) is 0 Å². The number of nitrogens with two attached hydrogens (primary N) is 2. The Morgan fingerprint density at radius 3 is 2.47 bits per heavy atom. The van der Waals surface area contributed by atoms with Gasteiger partial charge in [0.05, 0.1) is 0 Å². The van der Waals surface area contributed by atoms with Gasteiger partial charge in [-0.1, -0.05) is 31.5 Å². The van der Waals surface area contributed by atoms with Gasteiger partial charge >= 0.3 is 0 Å². The highest BCUT2D eigenvalue weighted by Crippen LogP contribution is 2.17. The van der Waals surface area contributed by atoms with Crippen LogP contribution in [0.4, 0.5) is 0 Å². The van der Waals surface area contributed by atoms with E-state index in [9.17, 15) is 0 Å². The molecule has 94 valence electrons. The molecule has 5 N–H and O–H groups in total. The van der Waals surface area contributed by atoms with Gasteiger partial charge in [0.25, 0.3) is 0 Å². The first-order valence-electron chi connectivity index (χ1n) is 6.28. The number of para-hydroxylation sites is 1. The van der Waals surface area contributed by atoms with Crippen LogP contribution in [0.5, 0.6) is 0 Å². The molecule has 2 aromatic rings. The SMILES string of the molecule is CCCCN.NCCc1c[nH]c2ccccc12. The Labute approximate surface area is 103 Å². The first-order valence-corrected chi connectivity index (χ1v) is 6.28. The highest BCUT2D eigenvalue weighted by atomic mass is 14.7. The molecule has 1 aromatic heterocycles. The molecule has 0 radical (unpaired) electrons. The van der Waals surface area contributed by atoms with E-state index in [4.69, 9.17) is 11.5 Å². The molecule has 0 aliphatic heterocycles. The maximum Gasteiger partial charge on any atom is 0.0456 e. The van der Waals surface area contributed by atoms with Crippen LogP contribution in [0.1, 0.15) is 25.3 Å². The van der Waals surface area contributed by atoms with E-state index in [0.717, 1.165) is 13.0 Å². The van der Waals surface area contributed by atoms with Crippen LogP contribution in [0.25, 0.3) is 10.9 Å². The minimum absolute atomic E-state index is 0.710. The molecule has 0 saturated heterocycles. The number of aromatic nitrogens is 1. The van der Waals surface area contributed by atoms with E-state index < -0.39 is 0 Å². The summed E-state index contributed by atoms with van der Waals surface area (Å²) in [5.74, 6) is 0. The lowest BCUT2D eigenvalue weighted by atomic mass is 10.1. The van der Waals surface area contributed by atoms with Crippen molar-refractivity contribution in [1.29, 1.82) is 0 Å². The van der Waals surface area contributed by atoms with Crippen LogP contribution < -0.4 is 11.5 Å². The van der Waals surface area contributed by atoms with Crippen molar-refractivity contribution in [2.24, 2.45) is 11.5 Å². The summed E-state index contributed by atoms with van der Waals surface area (Å²) in [7, 11) is 0. The molecule has 0 atom stereocenters. The summed E-state index contributed by atoms with van der Waals surface area (Å²) in [6, 6.07) is 8.29. The van der Waals surface area contributed by atoms with E-state index in [1.165, 1.54) is 29.3 Å². The molecule has 0 amide bonds. The molecule has 0 fully saturated rings. The standard InChI is InChI=1S/C10H12N2.C4H11N/c11-6-5-8-7-12-10-4-2-1-3-9(8)10;1-2-3-4-5/h1-4,7,12H,5-6,11H2;2-5H2,1H3. The highest BCUT2D eigenvalue weighted by Gasteiger charge is 1.99. The molecule has 0 aliphatic carbocycles. The third kappa shape index (κ3) is 4.21. The fraction of sp³-hybridized carbons (Fsp3) is 0.429. The topological polar surface area (TPSA) is 67.8 Å². The molecule has 0 bridgehead atoms. The van der Waals surface area contributed by atoms with Crippen molar-refractivity contribution in [3.8, 4) is 0 Å². The molecular weight excluding hydrogens is 210 g/mol. The number of unbranched alkanes of at least 4 members (excludes halogenated alkanes) is 1. The predicted octanol–water partition coefficient (Wildman–Crippen LogP) is 2.41. The van der Waals surface area contributed by atoms with Crippen molar-refractivity contribution in [1.82, 2.24) is 4.98 Å². The van der Waals surface area contributed by atoms with E-state index in [1.807, 2.05) is 12.3 Å². The molecule has 2 rings (SSSR count). The second-order valence-electron chi connectivity index (χ2n) is 4.04. The van der Waals surface area contributed by atoms with Gasteiger partial charge in [0.15, 0.2) is 0 Å². The summed E-state index contributed by atoms with van der Waals surface area (Å²) >= 11 is 0. The number of fused-ring (bicyclic) bond motifs is 1. The minimum atomic E-state index is 0.710. The van der Waals surface area contributed by atoms with Crippen molar-refractivity contribution in [2.45, 2.75) is 26.2 Å². The fourth-order valence-corrected chi connectivity index (χ4v) is 1.70. The summed E-state index contributed by atoms with van der Waals surface area (Å²) < 4.78 is 0. The first kappa shape index (κ1) is 13.7. The van der Waals surface area contributed by atoms with Crippen molar-refractivity contribution in [3.05, 3.63) is 36.0 Å². The van der Waals surface area contributed by atoms with Gasteiger partial charge in [-0.15, -0.1) is 0 Å². The molecule has 0 unspecified atom stereocenters. The zero-order valence-corrected chi connectivity index (χ0v) is 10.6.